The van der Waals surface area contributed by atoms with Gasteiger partial charge in [-0.15, -0.1) is 0 Å². The molecule has 0 aliphatic carbocycles. The zero-order valence-corrected chi connectivity index (χ0v) is 16.5. The van der Waals surface area contributed by atoms with Crippen LogP contribution in [0.15, 0.2) is 24.3 Å². The lowest BCUT2D eigenvalue weighted by molar-refractivity contribution is 0.0996. The van der Waals surface area contributed by atoms with Crippen LogP contribution in [0.4, 0.5) is 11.5 Å². The highest BCUT2D eigenvalue weighted by molar-refractivity contribution is 6.30. The smallest absolute Gasteiger partial charge is 0.271 e. The highest BCUT2D eigenvalue weighted by Crippen LogP contribution is 2.23. The number of nitrogens with one attached hydrogen (secondary N) is 1. The summed E-state index contributed by atoms with van der Waals surface area (Å²) in [7, 11) is 2.15. The van der Waals surface area contributed by atoms with Crippen LogP contribution >= 0.6 is 11.6 Å². The second kappa shape index (κ2) is 8.65. The predicted octanol–water partition coefficient (Wildman–Crippen LogP) is 2.28. The van der Waals surface area contributed by atoms with E-state index in [1.54, 1.807) is 0 Å². The highest BCUT2D eigenvalue weighted by atomic mass is 35.5. The number of aromatic nitrogens is 2. The molecule has 1 aromatic carbocycles. The Morgan fingerprint density at radius 3 is 2.44 bits per heavy atom. The lowest BCUT2D eigenvalue weighted by atomic mass is 10.1. The van der Waals surface area contributed by atoms with Crippen LogP contribution in [-0.4, -0.2) is 58.9 Å². The molecule has 0 spiro atoms. The number of benzene rings is 1. The van der Waals surface area contributed by atoms with Gasteiger partial charge in [-0.25, -0.2) is 9.97 Å². The first kappa shape index (κ1) is 19.5. The van der Waals surface area contributed by atoms with E-state index in [2.05, 4.69) is 44.3 Å². The molecule has 7 nitrogen and oxygen atoms in total. The largest absolute Gasteiger partial charge is 0.364 e. The molecular formula is C19H25ClN6O. The molecule has 2 heterocycles. The van der Waals surface area contributed by atoms with Crippen LogP contribution in [0.3, 0.4) is 0 Å². The van der Waals surface area contributed by atoms with Gasteiger partial charge in [0.2, 0.25) is 0 Å². The molecule has 1 saturated heterocycles. The van der Waals surface area contributed by atoms with Crippen LogP contribution in [0.1, 0.15) is 28.7 Å². The number of nitrogens with two attached hydrogens (primary N) is 1. The van der Waals surface area contributed by atoms with Crippen LogP contribution in [0, 0.1) is 0 Å². The van der Waals surface area contributed by atoms with Crippen molar-refractivity contribution in [1.29, 1.82) is 0 Å². The van der Waals surface area contributed by atoms with Gasteiger partial charge in [-0.1, -0.05) is 30.7 Å². The third-order valence-electron chi connectivity index (χ3n) is 4.71. The van der Waals surface area contributed by atoms with Crippen LogP contribution in [-0.2, 0) is 13.0 Å². The third-order valence-corrected chi connectivity index (χ3v) is 5.01. The summed E-state index contributed by atoms with van der Waals surface area (Å²) >= 11 is 6.14. The minimum Gasteiger partial charge on any atom is -0.364 e. The first-order valence-corrected chi connectivity index (χ1v) is 9.47. The Bertz CT molecular complexity index is 803. The van der Waals surface area contributed by atoms with Crippen molar-refractivity contribution in [3.05, 3.63) is 46.4 Å². The number of likely N-dealkylation sites (N-methyl/N-ethyl adjacent to an activating group) is 1. The average molecular weight is 389 g/mol. The summed E-state index contributed by atoms with van der Waals surface area (Å²) in [6.07, 6.45) is 0.577. The van der Waals surface area contributed by atoms with Crippen molar-refractivity contribution in [3.63, 3.8) is 0 Å². The molecule has 144 valence electrons. The van der Waals surface area contributed by atoms with Crippen molar-refractivity contribution in [2.45, 2.75) is 19.9 Å². The van der Waals surface area contributed by atoms with E-state index in [1.807, 2.05) is 19.1 Å². The van der Waals surface area contributed by atoms with Gasteiger partial charge in [0.25, 0.3) is 5.91 Å². The number of amides is 1. The van der Waals surface area contributed by atoms with E-state index in [0.29, 0.717) is 12.1 Å². The first-order chi connectivity index (χ1) is 13.0. The summed E-state index contributed by atoms with van der Waals surface area (Å²) in [6.45, 7) is 7.18. The maximum absolute atomic E-state index is 11.7. The molecule has 1 aliphatic rings. The number of piperazine rings is 1. The SMILES string of the molecule is CCc1nc(C(N)=O)c(Nc2ccc(CN3CCN(C)CC3)cc2)nc1Cl. The van der Waals surface area contributed by atoms with Crippen LogP contribution < -0.4 is 11.1 Å². The number of hydrogen-bond donors (Lipinski definition) is 2. The summed E-state index contributed by atoms with van der Waals surface area (Å²) in [4.78, 5) is 25.0. The van der Waals surface area contributed by atoms with E-state index < -0.39 is 5.91 Å². The van der Waals surface area contributed by atoms with Gasteiger partial charge in [-0.3, -0.25) is 9.69 Å². The van der Waals surface area contributed by atoms with Crippen molar-refractivity contribution < 1.29 is 4.79 Å². The molecule has 2 aromatic rings. The molecule has 0 unspecified atom stereocenters. The fourth-order valence-electron chi connectivity index (χ4n) is 3.03. The molecule has 1 aliphatic heterocycles. The molecule has 0 bridgehead atoms. The topological polar surface area (TPSA) is 87.4 Å². The van der Waals surface area contributed by atoms with Gasteiger partial charge in [0.15, 0.2) is 16.7 Å². The standard InChI is InChI=1S/C19H25ClN6O/c1-3-15-17(20)24-19(16(23-15)18(21)27)22-14-6-4-13(5-7-14)12-26-10-8-25(2)9-11-26/h4-7H,3,8-12H2,1-2H3,(H2,21,27)(H,22,24). The Hall–Kier alpha value is -2.22. The number of anilines is 2. The van der Waals surface area contributed by atoms with Gasteiger partial charge >= 0.3 is 0 Å². The number of primary amides is 1. The summed E-state index contributed by atoms with van der Waals surface area (Å²) in [5.74, 6) is -0.362. The fraction of sp³-hybridized carbons (Fsp3) is 0.421. The second-order valence-electron chi connectivity index (χ2n) is 6.78. The molecular weight excluding hydrogens is 364 g/mol. The van der Waals surface area contributed by atoms with Crippen LogP contribution in [0.5, 0.6) is 0 Å². The number of rotatable bonds is 6. The minimum atomic E-state index is -0.636. The zero-order chi connectivity index (χ0) is 19.4. The summed E-state index contributed by atoms with van der Waals surface area (Å²) < 4.78 is 0. The van der Waals surface area contributed by atoms with E-state index >= 15 is 0 Å². The number of halogens is 1. The van der Waals surface area contributed by atoms with E-state index in [9.17, 15) is 4.79 Å². The number of carbonyl (C=O) groups excluding carboxylic acids is 1. The predicted molar refractivity (Wildman–Crippen MR) is 107 cm³/mol. The summed E-state index contributed by atoms with van der Waals surface area (Å²) in [5, 5.41) is 3.38. The fourth-order valence-corrected chi connectivity index (χ4v) is 3.29. The lowest BCUT2D eigenvalue weighted by Crippen LogP contribution is -2.43. The Morgan fingerprint density at radius 2 is 1.85 bits per heavy atom. The van der Waals surface area contributed by atoms with E-state index in [-0.39, 0.29) is 16.7 Å². The Kier molecular flexibility index (Phi) is 6.26. The molecule has 8 heteroatoms. The van der Waals surface area contributed by atoms with E-state index in [1.165, 1.54) is 5.56 Å². The molecule has 0 saturated carbocycles. The molecule has 1 amide bonds. The van der Waals surface area contributed by atoms with Gasteiger partial charge < -0.3 is 16.0 Å². The molecule has 1 fully saturated rings. The lowest BCUT2D eigenvalue weighted by Gasteiger charge is -2.32. The van der Waals surface area contributed by atoms with Gasteiger partial charge in [0.1, 0.15) is 0 Å². The van der Waals surface area contributed by atoms with Gasteiger partial charge in [0, 0.05) is 38.4 Å². The van der Waals surface area contributed by atoms with Crippen molar-refractivity contribution in [2.75, 3.05) is 38.5 Å². The van der Waals surface area contributed by atoms with E-state index in [4.69, 9.17) is 17.3 Å². The number of carbonyl (C=O) groups is 1. The maximum Gasteiger partial charge on any atom is 0.271 e. The van der Waals surface area contributed by atoms with Gasteiger partial charge in [0.05, 0.1) is 5.69 Å². The number of aryl methyl sites for hydroxylation is 1. The number of hydrogen-bond acceptors (Lipinski definition) is 6. The number of nitrogens with zero attached hydrogens (tertiary/aromatic N) is 4. The highest BCUT2D eigenvalue weighted by Gasteiger charge is 2.17. The average Bonchev–Trinajstić information content (AvgIpc) is 2.65. The monoisotopic (exact) mass is 388 g/mol. The molecule has 27 heavy (non-hydrogen) atoms. The van der Waals surface area contributed by atoms with Crippen LogP contribution in [0.2, 0.25) is 5.15 Å². The normalized spacial score (nSPS) is 15.7. The Balaban J connectivity index is 1.71. The Labute approximate surface area is 164 Å². The molecule has 0 atom stereocenters. The van der Waals surface area contributed by atoms with Crippen LogP contribution in [0.25, 0.3) is 0 Å². The third kappa shape index (κ3) is 4.94. The molecule has 1 aromatic heterocycles. The van der Waals surface area contributed by atoms with E-state index in [0.717, 1.165) is 38.4 Å². The second-order valence-corrected chi connectivity index (χ2v) is 7.14. The molecule has 3 rings (SSSR count). The van der Waals surface area contributed by atoms with Crippen molar-refractivity contribution in [1.82, 2.24) is 19.8 Å². The summed E-state index contributed by atoms with van der Waals surface area (Å²) in [6, 6.07) is 8.05. The molecule has 0 radical (unpaired) electrons. The zero-order valence-electron chi connectivity index (χ0n) is 15.7. The maximum atomic E-state index is 11.7. The quantitative estimate of drug-likeness (QED) is 0.789. The minimum absolute atomic E-state index is 0.0952. The summed E-state index contributed by atoms with van der Waals surface area (Å²) in [5.41, 5.74) is 8.14. The van der Waals surface area contributed by atoms with Gasteiger partial charge in [-0.05, 0) is 31.2 Å². The molecule has 3 N–H and O–H groups in total. The van der Waals surface area contributed by atoms with Crippen molar-refractivity contribution in [2.24, 2.45) is 5.73 Å². The van der Waals surface area contributed by atoms with Gasteiger partial charge in [-0.2, -0.15) is 0 Å². The van der Waals surface area contributed by atoms with Crippen molar-refractivity contribution >= 4 is 29.0 Å². The first-order valence-electron chi connectivity index (χ1n) is 9.09. The Morgan fingerprint density at radius 1 is 1.19 bits per heavy atom. The van der Waals surface area contributed by atoms with Crippen molar-refractivity contribution in [3.8, 4) is 0 Å².